The monoisotopic (exact) mass is 751 g/mol. The van der Waals surface area contributed by atoms with E-state index in [9.17, 15) is 35.1 Å². The summed E-state index contributed by atoms with van der Waals surface area (Å²) in [6.45, 7) is 2.64. The van der Waals surface area contributed by atoms with Crippen molar-refractivity contribution in [2.75, 3.05) is 34.2 Å². The van der Waals surface area contributed by atoms with E-state index in [1.54, 1.807) is 0 Å². The molecule has 4 rings (SSSR count). The molecule has 2 atom stereocenters. The average molecular weight is 752 g/mol. The van der Waals surface area contributed by atoms with Crippen molar-refractivity contribution in [3.63, 3.8) is 0 Å². The van der Waals surface area contributed by atoms with Crippen molar-refractivity contribution in [1.29, 1.82) is 0 Å². The van der Waals surface area contributed by atoms with Gasteiger partial charge in [-0.3, -0.25) is 4.90 Å². The molecule has 0 aliphatic carbocycles. The first-order valence-corrected chi connectivity index (χ1v) is 16.6. The number of halogens is 8. The topological polar surface area (TPSA) is 116 Å². The van der Waals surface area contributed by atoms with Crippen LogP contribution in [0.2, 0.25) is 0 Å². The first-order chi connectivity index (χ1) is 23.6. The number of aromatic nitrogens is 2. The molecule has 1 aliphatic heterocycles. The first kappa shape index (κ1) is 40.2. The Hall–Kier alpha value is -3.60. The van der Waals surface area contributed by atoms with Crippen LogP contribution in [0.5, 0.6) is 0 Å². The molecule has 2 unspecified atom stereocenters. The van der Waals surface area contributed by atoms with Crippen LogP contribution in [0, 0.1) is 0 Å². The van der Waals surface area contributed by atoms with Gasteiger partial charge in [-0.1, -0.05) is 22.2 Å². The minimum Gasteiger partial charge on any atom is -0.424 e. The Balaban J connectivity index is 1.70. The molecule has 19 heteroatoms. The van der Waals surface area contributed by atoms with Gasteiger partial charge in [-0.2, -0.15) is 35.1 Å². The molecule has 282 valence electrons. The van der Waals surface area contributed by atoms with E-state index in [0.29, 0.717) is 68.4 Å². The van der Waals surface area contributed by atoms with Gasteiger partial charge >= 0.3 is 12.4 Å². The Bertz CT molecular complexity index is 1620. The summed E-state index contributed by atoms with van der Waals surface area (Å²) < 4.78 is 118. The summed E-state index contributed by atoms with van der Waals surface area (Å²) in [5.41, 5.74) is -0.207. The van der Waals surface area contributed by atoms with Crippen molar-refractivity contribution < 1.29 is 39.5 Å². The third-order valence-electron chi connectivity index (χ3n) is 8.49. The van der Waals surface area contributed by atoms with Gasteiger partial charge in [0.2, 0.25) is 17.7 Å². The number of hydrazone groups is 1. The predicted octanol–water partition coefficient (Wildman–Crippen LogP) is 6.46. The third-order valence-corrected chi connectivity index (χ3v) is 8.83. The van der Waals surface area contributed by atoms with Crippen molar-refractivity contribution in [3.05, 3.63) is 81.6 Å². The SMILES string of the molecule is CCC(c1ccc(C(F)(F)F)cc1CN(Cc1cc(C(F)(F)F)cc(C(F)(F)P)c1)/C(N)=N/N(C)N)N1CCC(c2nnc(CN(C)C)o2)CC1. The van der Waals surface area contributed by atoms with Crippen LogP contribution in [-0.2, 0) is 37.7 Å². The summed E-state index contributed by atoms with van der Waals surface area (Å²) in [6.07, 6.45) is -7.86. The number of hydrazine groups is 1. The molecule has 0 saturated carbocycles. The lowest BCUT2D eigenvalue weighted by atomic mass is 9.90. The van der Waals surface area contributed by atoms with Gasteiger partial charge in [-0.05, 0) is 93.5 Å². The summed E-state index contributed by atoms with van der Waals surface area (Å²) in [5.74, 6) is 6.32. The molecule has 2 heterocycles. The van der Waals surface area contributed by atoms with E-state index in [-0.39, 0.29) is 35.6 Å². The lowest BCUT2D eigenvalue weighted by Gasteiger charge is -2.38. The Labute approximate surface area is 293 Å². The van der Waals surface area contributed by atoms with Gasteiger partial charge in [0.25, 0.3) is 5.66 Å². The molecule has 1 saturated heterocycles. The molecule has 51 heavy (non-hydrogen) atoms. The van der Waals surface area contributed by atoms with Gasteiger partial charge in [0.15, 0.2) is 0 Å². The third kappa shape index (κ3) is 10.7. The number of hydrogen-bond donors (Lipinski definition) is 2. The second kappa shape index (κ2) is 16.0. The molecule has 0 amide bonds. The minimum atomic E-state index is -4.96. The van der Waals surface area contributed by atoms with E-state index in [1.165, 1.54) is 27.3 Å². The number of likely N-dealkylation sites (tertiary alicyclic amines) is 1. The molecule has 0 spiro atoms. The predicted molar refractivity (Wildman–Crippen MR) is 178 cm³/mol. The normalized spacial score (nSPS) is 16.2. The maximum Gasteiger partial charge on any atom is 0.416 e. The number of hydrogen-bond acceptors (Lipinski definition) is 8. The highest BCUT2D eigenvalue weighted by Gasteiger charge is 2.36. The van der Waals surface area contributed by atoms with Crippen LogP contribution in [0.25, 0.3) is 0 Å². The maximum absolute atomic E-state index is 14.3. The second-order valence-corrected chi connectivity index (χ2v) is 13.6. The van der Waals surface area contributed by atoms with E-state index in [1.807, 2.05) is 25.9 Å². The molecule has 0 radical (unpaired) electrons. The Morgan fingerprint density at radius 3 is 2.10 bits per heavy atom. The van der Waals surface area contributed by atoms with Gasteiger partial charge in [0, 0.05) is 37.7 Å². The van der Waals surface area contributed by atoms with E-state index >= 15 is 0 Å². The molecule has 3 aromatic rings. The average Bonchev–Trinajstić information content (AvgIpc) is 3.48. The van der Waals surface area contributed by atoms with Crippen LogP contribution >= 0.6 is 9.24 Å². The number of guanidine groups is 1. The van der Waals surface area contributed by atoms with Gasteiger partial charge in [0.05, 0.1) is 17.7 Å². The van der Waals surface area contributed by atoms with Crippen molar-refractivity contribution >= 4 is 15.2 Å². The Morgan fingerprint density at radius 1 is 0.922 bits per heavy atom. The van der Waals surface area contributed by atoms with Crippen molar-refractivity contribution in [3.8, 4) is 0 Å². The summed E-state index contributed by atoms with van der Waals surface area (Å²) in [6, 6.07) is 4.89. The zero-order chi connectivity index (χ0) is 37.9. The van der Waals surface area contributed by atoms with Crippen LogP contribution < -0.4 is 11.6 Å². The molecule has 1 aromatic heterocycles. The number of nitrogens with two attached hydrogens (primary N) is 2. The standard InChI is InChI=1S/C32H42F8N9OP/c1-5-26(48-10-8-20(9-11-48)28-44-43-27(50-28)18-46(2)3)25-7-6-22(30(33,34)35)14-21(25)17-49(29(41)45-47(4)42)16-19-12-23(31(36,37)38)15-24(13-19)32(39,40)51/h6-7,12-15,20,26H,5,8-11,16-18,42,51H2,1-4H3,(H2,41,45). The van der Waals surface area contributed by atoms with Gasteiger partial charge in [-0.25, -0.2) is 11.0 Å². The van der Waals surface area contributed by atoms with Crippen molar-refractivity contribution in [1.82, 2.24) is 30.0 Å². The highest BCUT2D eigenvalue weighted by atomic mass is 31.0. The molecule has 1 fully saturated rings. The second-order valence-electron chi connectivity index (χ2n) is 12.8. The lowest BCUT2D eigenvalue weighted by Crippen LogP contribution is -2.40. The highest BCUT2D eigenvalue weighted by Crippen LogP contribution is 2.40. The van der Waals surface area contributed by atoms with Crippen LogP contribution in [0.1, 0.15) is 83.3 Å². The van der Waals surface area contributed by atoms with Crippen molar-refractivity contribution in [2.24, 2.45) is 16.7 Å². The van der Waals surface area contributed by atoms with E-state index in [0.717, 1.165) is 23.3 Å². The minimum absolute atomic E-state index is 0.000231. The Morgan fingerprint density at radius 2 is 1.55 bits per heavy atom. The number of piperidine rings is 1. The number of benzene rings is 2. The number of nitrogens with zero attached hydrogens (tertiary/aromatic N) is 7. The van der Waals surface area contributed by atoms with Gasteiger partial charge < -0.3 is 20.0 Å². The molecular weight excluding hydrogens is 709 g/mol. The van der Waals surface area contributed by atoms with Crippen LogP contribution in [0.3, 0.4) is 0 Å². The van der Waals surface area contributed by atoms with E-state index in [4.69, 9.17) is 16.0 Å². The van der Waals surface area contributed by atoms with Gasteiger partial charge in [-0.15, -0.1) is 15.3 Å². The summed E-state index contributed by atoms with van der Waals surface area (Å²) in [4.78, 5) is 5.25. The van der Waals surface area contributed by atoms with Crippen LogP contribution in [-0.4, -0.2) is 70.2 Å². The highest BCUT2D eigenvalue weighted by molar-refractivity contribution is 7.17. The molecule has 4 N–H and O–H groups in total. The zero-order valence-electron chi connectivity index (χ0n) is 28.6. The summed E-state index contributed by atoms with van der Waals surface area (Å²) in [5, 5.41) is 13.1. The van der Waals surface area contributed by atoms with Crippen molar-refractivity contribution in [2.45, 2.75) is 75.8 Å². The molecule has 10 nitrogen and oxygen atoms in total. The van der Waals surface area contributed by atoms with Gasteiger partial charge in [0.1, 0.15) is 0 Å². The van der Waals surface area contributed by atoms with Crippen LogP contribution in [0.15, 0.2) is 45.9 Å². The fraction of sp³-hybridized carbons (Fsp3) is 0.531. The molecular formula is C32H42F8N9OP. The Kier molecular flexibility index (Phi) is 12.6. The molecule has 2 aromatic carbocycles. The lowest BCUT2D eigenvalue weighted by molar-refractivity contribution is -0.138. The summed E-state index contributed by atoms with van der Waals surface area (Å²) >= 11 is 0. The van der Waals surface area contributed by atoms with Crippen LogP contribution in [0.4, 0.5) is 35.1 Å². The molecule has 0 bridgehead atoms. The zero-order valence-corrected chi connectivity index (χ0v) is 29.7. The first-order valence-electron chi connectivity index (χ1n) is 16.0. The smallest absolute Gasteiger partial charge is 0.416 e. The van der Waals surface area contributed by atoms with E-state index < -0.39 is 41.3 Å². The maximum atomic E-state index is 14.3. The van der Waals surface area contributed by atoms with E-state index in [2.05, 4.69) is 20.2 Å². The molecule has 1 aliphatic rings. The number of rotatable bonds is 12. The fourth-order valence-electron chi connectivity index (χ4n) is 6.15. The fourth-order valence-corrected chi connectivity index (χ4v) is 6.32. The number of alkyl halides is 8. The summed E-state index contributed by atoms with van der Waals surface area (Å²) in [7, 11) is 6.28. The largest absolute Gasteiger partial charge is 0.424 e. The quantitative estimate of drug-likeness (QED) is 0.0538.